The average Bonchev–Trinajstić information content (AvgIpc) is 2.90. The Balaban J connectivity index is 1.76. The van der Waals surface area contributed by atoms with E-state index in [-0.39, 0.29) is 0 Å². The molecule has 0 aromatic heterocycles. The molecule has 0 bridgehead atoms. The fourth-order valence-corrected chi connectivity index (χ4v) is 4.38. The number of ether oxygens (including phenoxy) is 2. The number of halogens is 1. The highest BCUT2D eigenvalue weighted by atomic mass is 79.9. The summed E-state index contributed by atoms with van der Waals surface area (Å²) >= 11 is 3.34. The number of anilines is 1. The predicted octanol–water partition coefficient (Wildman–Crippen LogP) is 2.65. The third-order valence-corrected chi connectivity index (χ3v) is 6.03. The largest absolute Gasteiger partial charge is 0.344 e. The molecule has 0 amide bonds. The second kappa shape index (κ2) is 5.72. The van der Waals surface area contributed by atoms with Crippen LogP contribution in [0.5, 0.6) is 0 Å². The molecule has 7 heteroatoms. The van der Waals surface area contributed by atoms with E-state index in [0.29, 0.717) is 36.2 Å². The molecule has 1 saturated heterocycles. The van der Waals surface area contributed by atoms with Crippen molar-refractivity contribution in [3.8, 4) is 0 Å². The Hall–Kier alpha value is -0.890. The molecule has 2 aliphatic rings. The van der Waals surface area contributed by atoms with Gasteiger partial charge in [0.15, 0.2) is 5.79 Å². The van der Waals surface area contributed by atoms with Gasteiger partial charge in [-0.3, -0.25) is 4.72 Å². The lowest BCUT2D eigenvalue weighted by molar-refractivity contribution is -0.124. The summed E-state index contributed by atoms with van der Waals surface area (Å²) in [7, 11) is -3.48. The van der Waals surface area contributed by atoms with Crippen molar-refractivity contribution in [2.24, 2.45) is 0 Å². The van der Waals surface area contributed by atoms with Crippen LogP contribution in [0.25, 0.3) is 0 Å². The summed E-state index contributed by atoms with van der Waals surface area (Å²) in [5.74, 6) is -0.709. The standard InChI is InChI=1S/C14H16BrNO4S/c15-12-3-1-2-4-13(12)16-21(17,18)11-5-7-14(8-6-11)19-9-10-20-14/h1-5,7,11,16H,6,8-10H2. The summed E-state index contributed by atoms with van der Waals surface area (Å²) < 4.78 is 39.3. The molecule has 1 fully saturated rings. The van der Waals surface area contributed by atoms with Gasteiger partial charge in [0.05, 0.1) is 24.2 Å². The zero-order valence-corrected chi connectivity index (χ0v) is 13.7. The van der Waals surface area contributed by atoms with E-state index in [1.807, 2.05) is 6.07 Å². The Morgan fingerprint density at radius 1 is 1.24 bits per heavy atom. The second-order valence-corrected chi connectivity index (χ2v) is 7.83. The molecule has 1 aliphatic carbocycles. The first-order valence-corrected chi connectivity index (χ1v) is 9.08. The summed E-state index contributed by atoms with van der Waals surface area (Å²) in [4.78, 5) is 0. The summed E-state index contributed by atoms with van der Waals surface area (Å²) in [5, 5.41) is -0.581. The zero-order chi connectivity index (χ0) is 14.9. The second-order valence-electron chi connectivity index (χ2n) is 5.07. The SMILES string of the molecule is O=S(=O)(Nc1ccccc1Br)C1C=CC2(CC1)OCCO2. The van der Waals surface area contributed by atoms with Crippen molar-refractivity contribution in [2.45, 2.75) is 23.9 Å². The minimum absolute atomic E-state index is 0.469. The number of rotatable bonds is 3. The molecule has 3 rings (SSSR count). The van der Waals surface area contributed by atoms with Crippen molar-refractivity contribution in [3.63, 3.8) is 0 Å². The highest BCUT2D eigenvalue weighted by Crippen LogP contribution is 2.33. The van der Waals surface area contributed by atoms with Gasteiger partial charge in [0.25, 0.3) is 0 Å². The minimum atomic E-state index is -3.48. The van der Waals surface area contributed by atoms with Crippen LogP contribution in [0, 0.1) is 0 Å². The van der Waals surface area contributed by atoms with Gasteiger partial charge < -0.3 is 9.47 Å². The molecule has 21 heavy (non-hydrogen) atoms. The Labute approximate surface area is 132 Å². The minimum Gasteiger partial charge on any atom is -0.344 e. The molecule has 1 unspecified atom stereocenters. The lowest BCUT2D eigenvalue weighted by Crippen LogP contribution is -2.36. The van der Waals surface area contributed by atoms with Gasteiger partial charge in [-0.2, -0.15) is 0 Å². The van der Waals surface area contributed by atoms with E-state index < -0.39 is 21.1 Å². The van der Waals surface area contributed by atoms with Gasteiger partial charge in [0, 0.05) is 10.9 Å². The molecule has 0 saturated carbocycles. The third kappa shape index (κ3) is 3.15. The molecule has 1 N–H and O–H groups in total. The molecule has 1 atom stereocenters. The van der Waals surface area contributed by atoms with Crippen LogP contribution >= 0.6 is 15.9 Å². The van der Waals surface area contributed by atoms with Crippen molar-refractivity contribution < 1.29 is 17.9 Å². The summed E-state index contributed by atoms with van der Waals surface area (Å²) in [6, 6.07) is 7.14. The molecule has 1 aromatic carbocycles. The van der Waals surface area contributed by atoms with Crippen LogP contribution in [0.2, 0.25) is 0 Å². The molecular weight excluding hydrogens is 358 g/mol. The van der Waals surface area contributed by atoms with E-state index in [2.05, 4.69) is 20.7 Å². The molecule has 1 aromatic rings. The van der Waals surface area contributed by atoms with E-state index in [9.17, 15) is 8.42 Å². The molecule has 114 valence electrons. The van der Waals surface area contributed by atoms with Crippen molar-refractivity contribution in [2.75, 3.05) is 17.9 Å². The van der Waals surface area contributed by atoms with Crippen LogP contribution < -0.4 is 4.72 Å². The summed E-state index contributed by atoms with van der Waals surface area (Å²) in [6.45, 7) is 1.11. The van der Waals surface area contributed by atoms with Crippen LogP contribution in [-0.4, -0.2) is 32.7 Å². The number of sulfonamides is 1. The molecule has 5 nitrogen and oxygen atoms in total. The number of hydrogen-bond donors (Lipinski definition) is 1. The number of para-hydroxylation sites is 1. The van der Waals surface area contributed by atoms with Crippen LogP contribution in [0.3, 0.4) is 0 Å². The molecule has 0 radical (unpaired) electrons. The summed E-state index contributed by atoms with van der Waals surface area (Å²) in [6.07, 6.45) is 4.41. The van der Waals surface area contributed by atoms with Crippen LogP contribution in [0.15, 0.2) is 40.9 Å². The van der Waals surface area contributed by atoms with E-state index >= 15 is 0 Å². The van der Waals surface area contributed by atoms with Gasteiger partial charge in [0.2, 0.25) is 10.0 Å². The highest BCUT2D eigenvalue weighted by Gasteiger charge is 2.39. The van der Waals surface area contributed by atoms with Gasteiger partial charge >= 0.3 is 0 Å². The lowest BCUT2D eigenvalue weighted by atomic mass is 10.0. The Bertz CT molecular complexity index is 653. The maximum atomic E-state index is 12.4. The van der Waals surface area contributed by atoms with E-state index in [1.54, 1.807) is 30.4 Å². The van der Waals surface area contributed by atoms with Gasteiger partial charge in [-0.15, -0.1) is 0 Å². The fourth-order valence-electron chi connectivity index (χ4n) is 2.52. The van der Waals surface area contributed by atoms with E-state index in [1.165, 1.54) is 0 Å². The van der Waals surface area contributed by atoms with Crippen molar-refractivity contribution in [1.82, 2.24) is 0 Å². The fraction of sp³-hybridized carbons (Fsp3) is 0.429. The van der Waals surface area contributed by atoms with Gasteiger partial charge in [-0.1, -0.05) is 18.2 Å². The lowest BCUT2D eigenvalue weighted by Gasteiger charge is -2.30. The third-order valence-electron chi connectivity index (χ3n) is 3.64. The topological polar surface area (TPSA) is 64.6 Å². The Kier molecular flexibility index (Phi) is 4.09. The smallest absolute Gasteiger partial charge is 0.239 e. The Morgan fingerprint density at radius 3 is 2.57 bits per heavy atom. The average molecular weight is 374 g/mol. The molecule has 1 heterocycles. The van der Waals surface area contributed by atoms with Crippen molar-refractivity contribution in [3.05, 3.63) is 40.9 Å². The molecular formula is C14H16BrNO4S. The van der Waals surface area contributed by atoms with E-state index in [4.69, 9.17) is 9.47 Å². The normalized spacial score (nSPS) is 24.3. The van der Waals surface area contributed by atoms with Crippen molar-refractivity contribution in [1.29, 1.82) is 0 Å². The molecule has 1 spiro atoms. The Morgan fingerprint density at radius 2 is 1.95 bits per heavy atom. The first-order chi connectivity index (χ1) is 10.0. The first-order valence-electron chi connectivity index (χ1n) is 6.74. The van der Waals surface area contributed by atoms with Gasteiger partial charge in [-0.25, -0.2) is 8.42 Å². The van der Waals surface area contributed by atoms with Crippen LogP contribution in [0.1, 0.15) is 12.8 Å². The number of nitrogens with one attached hydrogen (secondary N) is 1. The molecule has 1 aliphatic heterocycles. The van der Waals surface area contributed by atoms with Gasteiger partial charge in [-0.05, 0) is 40.6 Å². The van der Waals surface area contributed by atoms with Crippen LogP contribution in [-0.2, 0) is 19.5 Å². The maximum Gasteiger partial charge on any atom is 0.239 e. The summed E-state index contributed by atoms with van der Waals surface area (Å²) in [5.41, 5.74) is 0.541. The maximum absolute atomic E-state index is 12.4. The first kappa shape index (κ1) is 15.0. The van der Waals surface area contributed by atoms with Crippen molar-refractivity contribution >= 4 is 31.6 Å². The monoisotopic (exact) mass is 373 g/mol. The van der Waals surface area contributed by atoms with Gasteiger partial charge in [0.1, 0.15) is 0 Å². The highest BCUT2D eigenvalue weighted by molar-refractivity contribution is 9.10. The predicted molar refractivity (Wildman–Crippen MR) is 83.5 cm³/mol. The van der Waals surface area contributed by atoms with E-state index in [0.717, 1.165) is 0 Å². The number of hydrogen-bond acceptors (Lipinski definition) is 4. The zero-order valence-electron chi connectivity index (χ0n) is 11.3. The quantitative estimate of drug-likeness (QED) is 0.827. The van der Waals surface area contributed by atoms with Crippen LogP contribution in [0.4, 0.5) is 5.69 Å². The number of benzene rings is 1.